The minimum absolute atomic E-state index is 0. The molecule has 0 aromatic heterocycles. The third-order valence-electron chi connectivity index (χ3n) is 1.75. The maximum absolute atomic E-state index is 5.15. The Morgan fingerprint density at radius 3 is 2.25 bits per heavy atom. The summed E-state index contributed by atoms with van der Waals surface area (Å²) in [5.74, 6) is 0. The van der Waals surface area contributed by atoms with Gasteiger partial charge in [-0.25, -0.2) is 0 Å². The van der Waals surface area contributed by atoms with E-state index in [-0.39, 0.29) is 51.4 Å². The maximum Gasteiger partial charge on any atom is 1.00 e. The van der Waals surface area contributed by atoms with Crippen LogP contribution >= 0.6 is 0 Å². The predicted octanol–water partition coefficient (Wildman–Crippen LogP) is -0.250. The normalized spacial score (nSPS) is 9.33. The average molecular weight is 198 g/mol. The zero-order valence-corrected chi connectivity index (χ0v) is 10.9. The second-order valence-corrected chi connectivity index (χ2v) is 2.92. The first-order chi connectivity index (χ1) is 5.38. The Hall–Kier alpha value is 0.556. The van der Waals surface area contributed by atoms with Gasteiger partial charge in [0.05, 0.1) is 0 Å². The standard InChI is InChI=1S/C10H8S.K/c11-10-7-3-5-8-4-1-2-6-9(8)10;/h1-7,11H;/q;+1/p-1. The molecule has 0 amide bonds. The van der Waals surface area contributed by atoms with E-state index in [0.29, 0.717) is 0 Å². The minimum atomic E-state index is 0. The van der Waals surface area contributed by atoms with Crippen molar-refractivity contribution >= 4 is 23.4 Å². The summed E-state index contributed by atoms with van der Waals surface area (Å²) in [6.07, 6.45) is 0. The average Bonchev–Trinajstić information content (AvgIpc) is 2.06. The predicted molar refractivity (Wildman–Crippen MR) is 49.6 cm³/mol. The Morgan fingerprint density at radius 2 is 1.50 bits per heavy atom. The first-order valence-corrected chi connectivity index (χ1v) is 3.93. The van der Waals surface area contributed by atoms with Gasteiger partial charge in [0.15, 0.2) is 0 Å². The van der Waals surface area contributed by atoms with Gasteiger partial charge >= 0.3 is 51.4 Å². The van der Waals surface area contributed by atoms with Crippen LogP contribution in [0.25, 0.3) is 10.8 Å². The third-order valence-corrected chi connectivity index (χ3v) is 2.11. The number of benzene rings is 2. The topological polar surface area (TPSA) is 0 Å². The van der Waals surface area contributed by atoms with E-state index >= 15 is 0 Å². The molecule has 0 atom stereocenters. The number of hydrogen-bond acceptors (Lipinski definition) is 1. The number of fused-ring (bicyclic) bond motifs is 1. The van der Waals surface area contributed by atoms with Gasteiger partial charge in [0, 0.05) is 0 Å². The molecule has 0 saturated heterocycles. The Balaban J connectivity index is 0.000000720. The van der Waals surface area contributed by atoms with Crippen LogP contribution in [0.3, 0.4) is 0 Å². The van der Waals surface area contributed by atoms with Gasteiger partial charge in [0.2, 0.25) is 0 Å². The molecule has 2 aromatic carbocycles. The van der Waals surface area contributed by atoms with Crippen LogP contribution in [0.2, 0.25) is 0 Å². The van der Waals surface area contributed by atoms with Gasteiger partial charge in [-0.1, -0.05) is 42.5 Å². The van der Waals surface area contributed by atoms with Crippen molar-refractivity contribution in [1.29, 1.82) is 0 Å². The van der Waals surface area contributed by atoms with Crippen LogP contribution in [0.15, 0.2) is 47.4 Å². The van der Waals surface area contributed by atoms with Gasteiger partial charge in [0.1, 0.15) is 0 Å². The maximum atomic E-state index is 5.15. The van der Waals surface area contributed by atoms with E-state index in [1.165, 1.54) is 10.8 Å². The molecule has 2 aromatic rings. The van der Waals surface area contributed by atoms with E-state index in [4.69, 9.17) is 12.6 Å². The monoisotopic (exact) mass is 198 g/mol. The van der Waals surface area contributed by atoms with E-state index in [9.17, 15) is 0 Å². The van der Waals surface area contributed by atoms with Gasteiger partial charge in [-0.15, -0.1) is 0 Å². The first-order valence-electron chi connectivity index (χ1n) is 3.53. The van der Waals surface area contributed by atoms with Crippen molar-refractivity contribution in [2.75, 3.05) is 0 Å². The molecule has 0 aliphatic carbocycles. The van der Waals surface area contributed by atoms with Crippen LogP contribution in [-0.2, 0) is 12.6 Å². The van der Waals surface area contributed by atoms with Crippen LogP contribution < -0.4 is 51.4 Å². The van der Waals surface area contributed by atoms with E-state index in [1.54, 1.807) is 0 Å². The van der Waals surface area contributed by atoms with Crippen LogP contribution in [0.5, 0.6) is 0 Å². The molecule has 2 heteroatoms. The van der Waals surface area contributed by atoms with Crippen molar-refractivity contribution < 1.29 is 51.4 Å². The third kappa shape index (κ3) is 2.07. The van der Waals surface area contributed by atoms with E-state index in [1.807, 2.05) is 24.3 Å². The zero-order valence-electron chi connectivity index (χ0n) is 6.95. The van der Waals surface area contributed by atoms with E-state index in [2.05, 4.69) is 18.2 Å². The van der Waals surface area contributed by atoms with Gasteiger partial charge < -0.3 is 12.6 Å². The fourth-order valence-electron chi connectivity index (χ4n) is 1.20. The molecular weight excluding hydrogens is 191 g/mol. The smallest absolute Gasteiger partial charge is 0.779 e. The van der Waals surface area contributed by atoms with Crippen molar-refractivity contribution in [3.8, 4) is 0 Å². The fraction of sp³-hybridized carbons (Fsp3) is 0. The summed E-state index contributed by atoms with van der Waals surface area (Å²) in [6.45, 7) is 0. The number of hydrogen-bond donors (Lipinski definition) is 0. The molecule has 0 aliphatic rings. The molecule has 2 rings (SSSR count). The molecular formula is C10H7KS. The quantitative estimate of drug-likeness (QED) is 0.415. The fourth-order valence-corrected chi connectivity index (χ4v) is 1.46. The van der Waals surface area contributed by atoms with Crippen molar-refractivity contribution in [1.82, 2.24) is 0 Å². The molecule has 0 spiro atoms. The first kappa shape index (κ1) is 10.6. The van der Waals surface area contributed by atoms with Gasteiger partial charge in [0.25, 0.3) is 0 Å². The molecule has 0 nitrogen and oxygen atoms in total. The summed E-state index contributed by atoms with van der Waals surface area (Å²) in [6, 6.07) is 14.2. The largest absolute Gasteiger partial charge is 1.00 e. The van der Waals surface area contributed by atoms with Crippen LogP contribution in [0.4, 0.5) is 0 Å². The SMILES string of the molecule is [K+].[S-]c1cccc2ccccc12. The Labute approximate surface area is 120 Å². The molecule has 12 heavy (non-hydrogen) atoms. The second kappa shape index (κ2) is 4.70. The molecule has 0 fully saturated rings. The van der Waals surface area contributed by atoms with Crippen LogP contribution in [0.1, 0.15) is 0 Å². The summed E-state index contributed by atoms with van der Waals surface area (Å²) < 4.78 is 0. The molecule has 0 heterocycles. The van der Waals surface area contributed by atoms with E-state index < -0.39 is 0 Å². The van der Waals surface area contributed by atoms with Crippen LogP contribution in [-0.4, -0.2) is 0 Å². The molecule has 0 radical (unpaired) electrons. The Bertz CT molecular complexity index is 379. The van der Waals surface area contributed by atoms with Crippen molar-refractivity contribution in [2.24, 2.45) is 0 Å². The van der Waals surface area contributed by atoms with Gasteiger partial charge in [-0.05, 0) is 10.8 Å². The van der Waals surface area contributed by atoms with Gasteiger partial charge in [-0.3, -0.25) is 0 Å². The van der Waals surface area contributed by atoms with Crippen molar-refractivity contribution in [2.45, 2.75) is 4.90 Å². The summed E-state index contributed by atoms with van der Waals surface area (Å²) >= 11 is 5.15. The van der Waals surface area contributed by atoms with E-state index in [0.717, 1.165) is 4.90 Å². The summed E-state index contributed by atoms with van der Waals surface area (Å²) in [5.41, 5.74) is 0. The van der Waals surface area contributed by atoms with Crippen LogP contribution in [0, 0.1) is 0 Å². The molecule has 0 N–H and O–H groups in total. The molecule has 0 saturated carbocycles. The Morgan fingerprint density at radius 1 is 0.833 bits per heavy atom. The Kier molecular flexibility index (Phi) is 4.16. The second-order valence-electron chi connectivity index (χ2n) is 2.48. The zero-order chi connectivity index (χ0) is 7.68. The number of rotatable bonds is 0. The molecule has 0 unspecified atom stereocenters. The molecule has 0 bridgehead atoms. The summed E-state index contributed by atoms with van der Waals surface area (Å²) in [4.78, 5) is 0.933. The molecule has 0 aliphatic heterocycles. The van der Waals surface area contributed by atoms with Crippen molar-refractivity contribution in [3.05, 3.63) is 42.5 Å². The van der Waals surface area contributed by atoms with Crippen molar-refractivity contribution in [3.63, 3.8) is 0 Å². The minimum Gasteiger partial charge on any atom is -0.779 e. The summed E-state index contributed by atoms with van der Waals surface area (Å²) in [5, 5.41) is 2.39. The van der Waals surface area contributed by atoms with Gasteiger partial charge in [-0.2, -0.15) is 4.90 Å². The summed E-state index contributed by atoms with van der Waals surface area (Å²) in [7, 11) is 0. The molecule has 54 valence electrons.